The summed E-state index contributed by atoms with van der Waals surface area (Å²) in [7, 11) is 0. The SMILES string of the molecule is O=Cc1ccc(C#Cc2ccc(C=O)s2)s1. The molecule has 0 aliphatic heterocycles. The predicted molar refractivity (Wildman–Crippen MR) is 65.4 cm³/mol. The van der Waals surface area contributed by atoms with Gasteiger partial charge in [0.2, 0.25) is 0 Å². The summed E-state index contributed by atoms with van der Waals surface area (Å²) in [6.45, 7) is 0. The highest BCUT2D eigenvalue weighted by atomic mass is 32.1. The highest BCUT2D eigenvalue weighted by Crippen LogP contribution is 2.15. The molecule has 4 heteroatoms. The standard InChI is InChI=1S/C12H6O2S2/c13-7-11-5-3-9(15-11)1-2-10-4-6-12(8-14)16-10/h3-8H. The zero-order valence-corrected chi connectivity index (χ0v) is 9.73. The number of carbonyl (C=O) groups excluding carboxylic acids is 2. The van der Waals surface area contributed by atoms with Crippen molar-refractivity contribution in [2.45, 2.75) is 0 Å². The van der Waals surface area contributed by atoms with Gasteiger partial charge in [0.1, 0.15) is 0 Å². The minimum absolute atomic E-state index is 0.670. The molecule has 0 saturated heterocycles. The largest absolute Gasteiger partial charge is 0.297 e. The molecule has 2 nitrogen and oxygen atoms in total. The lowest BCUT2D eigenvalue weighted by molar-refractivity contribution is 0.111. The maximum Gasteiger partial charge on any atom is 0.160 e. The van der Waals surface area contributed by atoms with Gasteiger partial charge in [-0.1, -0.05) is 0 Å². The molecule has 0 amide bonds. The molecule has 2 aromatic heterocycles. The molecular weight excluding hydrogens is 240 g/mol. The highest BCUT2D eigenvalue weighted by molar-refractivity contribution is 7.14. The lowest BCUT2D eigenvalue weighted by Crippen LogP contribution is -1.64. The van der Waals surface area contributed by atoms with Crippen LogP contribution in [0.15, 0.2) is 24.3 Å². The van der Waals surface area contributed by atoms with E-state index in [1.165, 1.54) is 22.7 Å². The highest BCUT2D eigenvalue weighted by Gasteiger charge is 1.96. The van der Waals surface area contributed by atoms with Crippen molar-refractivity contribution in [3.63, 3.8) is 0 Å². The minimum Gasteiger partial charge on any atom is -0.297 e. The number of carbonyl (C=O) groups is 2. The molecule has 2 rings (SSSR count). The van der Waals surface area contributed by atoms with E-state index in [1.54, 1.807) is 12.1 Å². The van der Waals surface area contributed by atoms with Crippen LogP contribution in [0.2, 0.25) is 0 Å². The van der Waals surface area contributed by atoms with Crippen molar-refractivity contribution in [2.75, 3.05) is 0 Å². The molecule has 0 fully saturated rings. The van der Waals surface area contributed by atoms with Gasteiger partial charge in [0.25, 0.3) is 0 Å². The fourth-order valence-corrected chi connectivity index (χ4v) is 2.44. The monoisotopic (exact) mass is 246 g/mol. The molecule has 16 heavy (non-hydrogen) atoms. The Labute approximate surface area is 101 Å². The maximum absolute atomic E-state index is 10.5. The maximum atomic E-state index is 10.5. The number of hydrogen-bond acceptors (Lipinski definition) is 4. The Morgan fingerprint density at radius 3 is 1.56 bits per heavy atom. The van der Waals surface area contributed by atoms with Crippen molar-refractivity contribution in [3.8, 4) is 11.8 Å². The van der Waals surface area contributed by atoms with Gasteiger partial charge in [0, 0.05) is 0 Å². The van der Waals surface area contributed by atoms with E-state index in [0.29, 0.717) is 9.75 Å². The Morgan fingerprint density at radius 1 is 0.812 bits per heavy atom. The third-order valence-corrected chi connectivity index (χ3v) is 3.65. The molecule has 2 aromatic rings. The number of hydrogen-bond donors (Lipinski definition) is 0. The summed E-state index contributed by atoms with van der Waals surface area (Å²) in [6.07, 6.45) is 1.62. The minimum atomic E-state index is 0.670. The average Bonchev–Trinajstić information content (AvgIpc) is 2.95. The molecule has 0 unspecified atom stereocenters. The molecular formula is C12H6O2S2. The van der Waals surface area contributed by atoms with Gasteiger partial charge in [-0.3, -0.25) is 9.59 Å². The quantitative estimate of drug-likeness (QED) is 0.603. The molecule has 0 aliphatic carbocycles. The Hall–Kier alpha value is -1.70. The number of aldehydes is 2. The van der Waals surface area contributed by atoms with Crippen LogP contribution in [-0.2, 0) is 0 Å². The summed E-state index contributed by atoms with van der Waals surface area (Å²) < 4.78 is 0. The van der Waals surface area contributed by atoms with Crippen LogP contribution in [0.4, 0.5) is 0 Å². The Morgan fingerprint density at radius 2 is 1.25 bits per heavy atom. The van der Waals surface area contributed by atoms with E-state index in [-0.39, 0.29) is 0 Å². The van der Waals surface area contributed by atoms with Crippen LogP contribution in [0, 0.1) is 11.8 Å². The third kappa shape index (κ3) is 2.45. The van der Waals surface area contributed by atoms with Crippen LogP contribution in [0.5, 0.6) is 0 Å². The molecule has 0 aromatic carbocycles. The zero-order valence-electron chi connectivity index (χ0n) is 8.10. The Balaban J connectivity index is 2.20. The summed E-state index contributed by atoms with van der Waals surface area (Å²) in [5.41, 5.74) is 0. The fraction of sp³-hybridized carbons (Fsp3) is 0. The van der Waals surface area contributed by atoms with E-state index in [0.717, 1.165) is 22.3 Å². The normalized spacial score (nSPS) is 9.25. The molecule has 0 bridgehead atoms. The summed E-state index contributed by atoms with van der Waals surface area (Å²) in [6, 6.07) is 7.12. The van der Waals surface area contributed by atoms with Gasteiger partial charge in [-0.25, -0.2) is 0 Å². The molecule has 0 aliphatic rings. The third-order valence-electron chi connectivity index (χ3n) is 1.79. The van der Waals surface area contributed by atoms with Gasteiger partial charge in [0.15, 0.2) is 12.6 Å². The van der Waals surface area contributed by atoms with Crippen LogP contribution >= 0.6 is 22.7 Å². The molecule has 78 valence electrons. The smallest absolute Gasteiger partial charge is 0.160 e. The number of thiophene rings is 2. The van der Waals surface area contributed by atoms with Gasteiger partial charge in [-0.15, -0.1) is 22.7 Å². The van der Waals surface area contributed by atoms with Crippen molar-refractivity contribution in [3.05, 3.63) is 43.8 Å². The van der Waals surface area contributed by atoms with E-state index >= 15 is 0 Å². The average molecular weight is 246 g/mol. The topological polar surface area (TPSA) is 34.1 Å². The first-order valence-corrected chi connectivity index (χ1v) is 6.07. The van der Waals surface area contributed by atoms with Crippen LogP contribution < -0.4 is 0 Å². The molecule has 0 saturated carbocycles. The molecule has 0 N–H and O–H groups in total. The van der Waals surface area contributed by atoms with Gasteiger partial charge in [-0.05, 0) is 36.1 Å². The van der Waals surface area contributed by atoms with Gasteiger partial charge in [-0.2, -0.15) is 0 Å². The summed E-state index contributed by atoms with van der Waals surface area (Å²) >= 11 is 2.72. The van der Waals surface area contributed by atoms with Gasteiger partial charge >= 0.3 is 0 Å². The second-order valence-electron chi connectivity index (χ2n) is 2.89. The summed E-state index contributed by atoms with van der Waals surface area (Å²) in [4.78, 5) is 24.0. The van der Waals surface area contributed by atoms with E-state index in [2.05, 4.69) is 11.8 Å². The second-order valence-corrected chi connectivity index (χ2v) is 5.12. The lowest BCUT2D eigenvalue weighted by atomic mass is 10.4. The van der Waals surface area contributed by atoms with E-state index < -0.39 is 0 Å². The number of rotatable bonds is 2. The van der Waals surface area contributed by atoms with Crippen molar-refractivity contribution in [1.82, 2.24) is 0 Å². The Bertz CT molecular complexity index is 531. The van der Waals surface area contributed by atoms with E-state index in [9.17, 15) is 9.59 Å². The van der Waals surface area contributed by atoms with E-state index in [4.69, 9.17) is 0 Å². The van der Waals surface area contributed by atoms with E-state index in [1.807, 2.05) is 12.1 Å². The van der Waals surface area contributed by atoms with Crippen molar-refractivity contribution < 1.29 is 9.59 Å². The molecule has 2 heterocycles. The first-order chi connectivity index (χ1) is 7.81. The lowest BCUT2D eigenvalue weighted by Gasteiger charge is -1.78. The van der Waals surface area contributed by atoms with Crippen LogP contribution in [0.3, 0.4) is 0 Å². The van der Waals surface area contributed by atoms with Crippen molar-refractivity contribution in [2.24, 2.45) is 0 Å². The summed E-state index contributed by atoms with van der Waals surface area (Å²) in [5, 5.41) is 0. The summed E-state index contributed by atoms with van der Waals surface area (Å²) in [5.74, 6) is 5.91. The predicted octanol–water partition coefficient (Wildman–Crippen LogP) is 2.83. The second kappa shape index (κ2) is 4.88. The molecule has 0 radical (unpaired) electrons. The van der Waals surface area contributed by atoms with Gasteiger partial charge in [0.05, 0.1) is 19.5 Å². The Kier molecular flexibility index (Phi) is 3.30. The van der Waals surface area contributed by atoms with Crippen LogP contribution in [0.1, 0.15) is 29.1 Å². The molecule has 0 spiro atoms. The van der Waals surface area contributed by atoms with Crippen molar-refractivity contribution >= 4 is 35.2 Å². The first kappa shape index (κ1) is 10.8. The fourth-order valence-electron chi connectivity index (χ4n) is 1.09. The van der Waals surface area contributed by atoms with Gasteiger partial charge < -0.3 is 0 Å². The first-order valence-electron chi connectivity index (χ1n) is 4.44. The van der Waals surface area contributed by atoms with Crippen LogP contribution in [-0.4, -0.2) is 12.6 Å². The van der Waals surface area contributed by atoms with Crippen molar-refractivity contribution in [1.29, 1.82) is 0 Å². The zero-order chi connectivity index (χ0) is 11.4. The molecule has 0 atom stereocenters. The van der Waals surface area contributed by atoms with Crippen LogP contribution in [0.25, 0.3) is 0 Å².